The molecule has 1 rings (SSSR count). The SMILES string of the molecule is C=CCc1ccccc1C[C@H](N)C(=O)O. The highest BCUT2D eigenvalue weighted by Gasteiger charge is 2.13. The summed E-state index contributed by atoms with van der Waals surface area (Å²) in [6, 6.07) is 6.84. The van der Waals surface area contributed by atoms with Crippen molar-refractivity contribution in [3.63, 3.8) is 0 Å². The van der Waals surface area contributed by atoms with E-state index in [1.807, 2.05) is 24.3 Å². The number of hydrogen-bond donors (Lipinski definition) is 2. The zero-order valence-corrected chi connectivity index (χ0v) is 8.52. The Morgan fingerprint density at radius 2 is 2.07 bits per heavy atom. The van der Waals surface area contributed by atoms with E-state index in [2.05, 4.69) is 6.58 Å². The summed E-state index contributed by atoms with van der Waals surface area (Å²) in [6.45, 7) is 3.66. The summed E-state index contributed by atoms with van der Waals surface area (Å²) in [7, 11) is 0. The lowest BCUT2D eigenvalue weighted by Gasteiger charge is -2.10. The molecular weight excluding hydrogens is 190 g/mol. The Kier molecular flexibility index (Phi) is 4.06. The minimum absolute atomic E-state index is 0.360. The van der Waals surface area contributed by atoms with Crippen LogP contribution in [-0.4, -0.2) is 17.1 Å². The average molecular weight is 205 g/mol. The predicted octanol–water partition coefficient (Wildman–Crippen LogP) is 1.37. The summed E-state index contributed by atoms with van der Waals surface area (Å²) in [5.41, 5.74) is 7.55. The number of carbonyl (C=O) groups is 1. The third-order valence-corrected chi connectivity index (χ3v) is 2.24. The van der Waals surface area contributed by atoms with Crippen molar-refractivity contribution < 1.29 is 9.90 Å². The maximum atomic E-state index is 10.6. The van der Waals surface area contributed by atoms with Crippen molar-refractivity contribution in [1.82, 2.24) is 0 Å². The van der Waals surface area contributed by atoms with E-state index in [4.69, 9.17) is 10.8 Å². The lowest BCUT2D eigenvalue weighted by molar-refractivity contribution is -0.138. The van der Waals surface area contributed by atoms with Crippen molar-refractivity contribution in [3.8, 4) is 0 Å². The number of carboxylic acid groups (broad SMARTS) is 1. The molecule has 0 bridgehead atoms. The fraction of sp³-hybridized carbons (Fsp3) is 0.250. The summed E-state index contributed by atoms with van der Waals surface area (Å²) in [6.07, 6.45) is 2.90. The van der Waals surface area contributed by atoms with Gasteiger partial charge in [0.2, 0.25) is 0 Å². The second kappa shape index (κ2) is 5.32. The molecule has 0 saturated heterocycles. The fourth-order valence-electron chi connectivity index (χ4n) is 1.44. The van der Waals surface area contributed by atoms with E-state index in [0.717, 1.165) is 17.5 Å². The van der Waals surface area contributed by atoms with Crippen molar-refractivity contribution in [2.45, 2.75) is 18.9 Å². The maximum Gasteiger partial charge on any atom is 0.320 e. The molecule has 0 amide bonds. The van der Waals surface area contributed by atoms with E-state index in [1.165, 1.54) is 0 Å². The Morgan fingerprint density at radius 3 is 2.60 bits per heavy atom. The summed E-state index contributed by atoms with van der Waals surface area (Å²) >= 11 is 0. The third kappa shape index (κ3) is 3.22. The molecule has 0 saturated carbocycles. The zero-order chi connectivity index (χ0) is 11.3. The van der Waals surface area contributed by atoms with Gasteiger partial charge in [0.25, 0.3) is 0 Å². The highest BCUT2D eigenvalue weighted by Crippen LogP contribution is 2.11. The highest BCUT2D eigenvalue weighted by atomic mass is 16.4. The molecule has 0 fully saturated rings. The number of benzene rings is 1. The number of carboxylic acids is 1. The molecule has 0 radical (unpaired) electrons. The Labute approximate surface area is 89.2 Å². The Balaban J connectivity index is 2.83. The Morgan fingerprint density at radius 1 is 1.47 bits per heavy atom. The molecule has 3 heteroatoms. The Hall–Kier alpha value is -1.61. The van der Waals surface area contributed by atoms with Crippen LogP contribution >= 0.6 is 0 Å². The van der Waals surface area contributed by atoms with Gasteiger partial charge in [-0.2, -0.15) is 0 Å². The molecular formula is C12H15NO2. The molecule has 3 N–H and O–H groups in total. The highest BCUT2D eigenvalue weighted by molar-refractivity contribution is 5.73. The van der Waals surface area contributed by atoms with Crippen LogP contribution in [0.1, 0.15) is 11.1 Å². The summed E-state index contributed by atoms with van der Waals surface area (Å²) in [4.78, 5) is 10.6. The van der Waals surface area contributed by atoms with Gasteiger partial charge in [-0.1, -0.05) is 30.3 Å². The van der Waals surface area contributed by atoms with Crippen LogP contribution in [0.25, 0.3) is 0 Å². The largest absolute Gasteiger partial charge is 0.480 e. The molecule has 0 aliphatic heterocycles. The number of aliphatic carboxylic acids is 1. The summed E-state index contributed by atoms with van der Waals surface area (Å²) < 4.78 is 0. The first-order valence-corrected chi connectivity index (χ1v) is 4.81. The van der Waals surface area contributed by atoms with Gasteiger partial charge in [0.1, 0.15) is 6.04 Å². The molecule has 0 aromatic heterocycles. The fourth-order valence-corrected chi connectivity index (χ4v) is 1.44. The van der Waals surface area contributed by atoms with Crippen LogP contribution < -0.4 is 5.73 Å². The molecule has 0 aliphatic rings. The Bertz CT molecular complexity index is 360. The van der Waals surface area contributed by atoms with Crippen molar-refractivity contribution in [3.05, 3.63) is 48.0 Å². The van der Waals surface area contributed by atoms with Gasteiger partial charge in [-0.15, -0.1) is 6.58 Å². The van der Waals surface area contributed by atoms with Crippen LogP contribution in [0.15, 0.2) is 36.9 Å². The van der Waals surface area contributed by atoms with Crippen LogP contribution in [0.2, 0.25) is 0 Å². The van der Waals surface area contributed by atoms with E-state index in [0.29, 0.717) is 6.42 Å². The lowest BCUT2D eigenvalue weighted by Crippen LogP contribution is -2.32. The topological polar surface area (TPSA) is 63.3 Å². The predicted molar refractivity (Wildman–Crippen MR) is 59.7 cm³/mol. The van der Waals surface area contributed by atoms with Gasteiger partial charge in [-0.25, -0.2) is 0 Å². The molecule has 0 heterocycles. The first kappa shape index (κ1) is 11.5. The minimum atomic E-state index is -0.969. The van der Waals surface area contributed by atoms with Crippen molar-refractivity contribution in [2.75, 3.05) is 0 Å². The van der Waals surface area contributed by atoms with Gasteiger partial charge < -0.3 is 10.8 Å². The average Bonchev–Trinajstić information content (AvgIpc) is 2.21. The smallest absolute Gasteiger partial charge is 0.320 e. The first-order chi connectivity index (χ1) is 7.15. The van der Waals surface area contributed by atoms with E-state index in [1.54, 1.807) is 6.08 Å². The van der Waals surface area contributed by atoms with Crippen molar-refractivity contribution in [2.24, 2.45) is 5.73 Å². The van der Waals surface area contributed by atoms with Gasteiger partial charge in [-0.05, 0) is 24.0 Å². The number of hydrogen-bond acceptors (Lipinski definition) is 2. The van der Waals surface area contributed by atoms with Crippen molar-refractivity contribution >= 4 is 5.97 Å². The molecule has 3 nitrogen and oxygen atoms in total. The number of nitrogens with two attached hydrogens (primary N) is 1. The zero-order valence-electron chi connectivity index (χ0n) is 8.52. The quantitative estimate of drug-likeness (QED) is 0.713. The maximum absolute atomic E-state index is 10.6. The van der Waals surface area contributed by atoms with E-state index in [-0.39, 0.29) is 0 Å². The van der Waals surface area contributed by atoms with Crippen LogP contribution in [0, 0.1) is 0 Å². The molecule has 1 aromatic carbocycles. The lowest BCUT2D eigenvalue weighted by atomic mass is 9.99. The van der Waals surface area contributed by atoms with E-state index >= 15 is 0 Å². The van der Waals surface area contributed by atoms with Gasteiger partial charge in [0.05, 0.1) is 0 Å². The molecule has 0 spiro atoms. The van der Waals surface area contributed by atoms with E-state index in [9.17, 15) is 4.79 Å². The first-order valence-electron chi connectivity index (χ1n) is 4.81. The van der Waals surface area contributed by atoms with Crippen LogP contribution in [0.4, 0.5) is 0 Å². The normalized spacial score (nSPS) is 12.1. The molecule has 0 unspecified atom stereocenters. The molecule has 80 valence electrons. The van der Waals surface area contributed by atoms with Gasteiger partial charge in [0.15, 0.2) is 0 Å². The van der Waals surface area contributed by atoms with Gasteiger partial charge in [0, 0.05) is 0 Å². The minimum Gasteiger partial charge on any atom is -0.480 e. The second-order valence-corrected chi connectivity index (χ2v) is 3.41. The van der Waals surface area contributed by atoms with Gasteiger partial charge >= 0.3 is 5.97 Å². The monoisotopic (exact) mass is 205 g/mol. The molecule has 1 atom stereocenters. The molecule has 15 heavy (non-hydrogen) atoms. The number of allylic oxidation sites excluding steroid dienone is 1. The standard InChI is InChI=1S/C12H15NO2/c1-2-5-9-6-3-4-7-10(9)8-11(13)12(14)15/h2-4,6-7,11H,1,5,8,13H2,(H,14,15)/t11-/m0/s1. The van der Waals surface area contributed by atoms with Crippen LogP contribution in [0.3, 0.4) is 0 Å². The second-order valence-electron chi connectivity index (χ2n) is 3.41. The summed E-state index contributed by atoms with van der Waals surface area (Å²) in [5.74, 6) is -0.969. The molecule has 0 aliphatic carbocycles. The van der Waals surface area contributed by atoms with Gasteiger partial charge in [-0.3, -0.25) is 4.79 Å². The van der Waals surface area contributed by atoms with Crippen molar-refractivity contribution in [1.29, 1.82) is 0 Å². The van der Waals surface area contributed by atoms with Crippen LogP contribution in [0.5, 0.6) is 0 Å². The van der Waals surface area contributed by atoms with E-state index < -0.39 is 12.0 Å². The molecule has 1 aromatic rings. The summed E-state index contributed by atoms with van der Waals surface area (Å²) in [5, 5.41) is 8.72. The third-order valence-electron chi connectivity index (χ3n) is 2.24. The van der Waals surface area contributed by atoms with Crippen LogP contribution in [-0.2, 0) is 17.6 Å². The number of rotatable bonds is 5.